The lowest BCUT2D eigenvalue weighted by atomic mass is 10.4. The van der Waals surface area contributed by atoms with Crippen molar-refractivity contribution in [2.24, 2.45) is 0 Å². The summed E-state index contributed by atoms with van der Waals surface area (Å²) in [5.41, 5.74) is 0. The molecule has 0 unspecified atom stereocenters. The van der Waals surface area contributed by atoms with Crippen molar-refractivity contribution in [2.45, 2.75) is 0 Å². The van der Waals surface area contributed by atoms with Crippen molar-refractivity contribution in [1.29, 1.82) is 0 Å². The maximum Gasteiger partial charge on any atom is 0.323 e. The Morgan fingerprint density at radius 3 is 2.65 bits per heavy atom. The summed E-state index contributed by atoms with van der Waals surface area (Å²) < 4.78 is 5.42. The van der Waals surface area contributed by atoms with Crippen LogP contribution in [0.4, 0.5) is 0 Å². The Kier molecular flexibility index (Phi) is 5.98. The normalized spacial score (nSPS) is 9.85. The van der Waals surface area contributed by atoms with Gasteiger partial charge >= 0.3 is 5.97 Å². The molecule has 1 rings (SSSR count). The fraction of sp³-hybridized carbons (Fsp3) is 0.250. The maximum absolute atomic E-state index is 11.8. The number of amides is 2. The van der Waals surface area contributed by atoms with Crippen LogP contribution < -0.4 is 5.32 Å². The molecule has 0 bridgehead atoms. The van der Waals surface area contributed by atoms with Crippen molar-refractivity contribution in [3.63, 3.8) is 0 Å². The molecule has 0 aliphatic carbocycles. The highest BCUT2D eigenvalue weighted by Gasteiger charge is 2.17. The average Bonchev–Trinajstić information content (AvgIpc) is 2.81. The highest BCUT2D eigenvalue weighted by Crippen LogP contribution is 2.13. The van der Waals surface area contributed by atoms with Crippen LogP contribution in [0.5, 0.6) is 0 Å². The Bertz CT molecular complexity index is 526. The number of nitrogens with zero attached hydrogens (tertiary/aromatic N) is 1. The molecule has 0 aromatic carbocycles. The molecular formula is C12H13BrN2O5. The van der Waals surface area contributed by atoms with Gasteiger partial charge in [-0.1, -0.05) is 6.08 Å². The van der Waals surface area contributed by atoms with Crippen molar-refractivity contribution in [3.8, 4) is 0 Å². The van der Waals surface area contributed by atoms with Crippen molar-refractivity contribution < 1.29 is 23.9 Å². The van der Waals surface area contributed by atoms with E-state index >= 15 is 0 Å². The van der Waals surface area contributed by atoms with E-state index in [0.717, 1.165) is 4.90 Å². The summed E-state index contributed by atoms with van der Waals surface area (Å²) in [7, 11) is 0. The lowest BCUT2D eigenvalue weighted by Crippen LogP contribution is -2.42. The van der Waals surface area contributed by atoms with Gasteiger partial charge in [-0.25, -0.2) is 0 Å². The summed E-state index contributed by atoms with van der Waals surface area (Å²) in [4.78, 5) is 35.1. The van der Waals surface area contributed by atoms with E-state index in [4.69, 9.17) is 9.52 Å². The Balaban J connectivity index is 2.53. The average molecular weight is 345 g/mol. The molecule has 1 heterocycles. The molecule has 0 aliphatic heterocycles. The summed E-state index contributed by atoms with van der Waals surface area (Å²) >= 11 is 3.05. The minimum Gasteiger partial charge on any atom is -0.480 e. The topological polar surface area (TPSA) is 99.9 Å². The van der Waals surface area contributed by atoms with Gasteiger partial charge in [0.25, 0.3) is 5.91 Å². The van der Waals surface area contributed by atoms with E-state index in [2.05, 4.69) is 27.8 Å². The van der Waals surface area contributed by atoms with Crippen LogP contribution >= 0.6 is 15.9 Å². The van der Waals surface area contributed by atoms with E-state index in [1.54, 1.807) is 6.07 Å². The first-order chi connectivity index (χ1) is 9.43. The molecule has 0 saturated carbocycles. The molecule has 0 fully saturated rings. The number of halogens is 1. The van der Waals surface area contributed by atoms with E-state index in [0.29, 0.717) is 4.67 Å². The number of aliphatic carboxylic acids is 1. The molecule has 0 radical (unpaired) electrons. The number of nitrogens with one attached hydrogen (secondary N) is 1. The Labute approximate surface area is 123 Å². The van der Waals surface area contributed by atoms with Gasteiger partial charge in [-0.05, 0) is 28.1 Å². The van der Waals surface area contributed by atoms with Crippen LogP contribution in [0, 0.1) is 0 Å². The molecule has 1 aromatic rings. The summed E-state index contributed by atoms with van der Waals surface area (Å²) in [5.74, 6) is -2.16. The van der Waals surface area contributed by atoms with E-state index in [1.807, 2.05) is 0 Å². The molecule has 20 heavy (non-hydrogen) atoms. The van der Waals surface area contributed by atoms with Crippen LogP contribution in [0.15, 0.2) is 33.9 Å². The van der Waals surface area contributed by atoms with Crippen LogP contribution in [0.3, 0.4) is 0 Å². The third-order valence-corrected chi connectivity index (χ3v) is 2.65. The first kappa shape index (κ1) is 16.0. The molecule has 0 spiro atoms. The van der Waals surface area contributed by atoms with E-state index in [-0.39, 0.29) is 18.8 Å². The van der Waals surface area contributed by atoms with Gasteiger partial charge in [0, 0.05) is 6.54 Å². The third kappa shape index (κ3) is 4.88. The highest BCUT2D eigenvalue weighted by molar-refractivity contribution is 9.10. The van der Waals surface area contributed by atoms with E-state index in [1.165, 1.54) is 12.1 Å². The second-order valence-electron chi connectivity index (χ2n) is 3.74. The van der Waals surface area contributed by atoms with Crippen LogP contribution in [0.2, 0.25) is 0 Å². The number of carboxylic acid groups (broad SMARTS) is 1. The van der Waals surface area contributed by atoms with E-state index in [9.17, 15) is 14.4 Å². The van der Waals surface area contributed by atoms with Gasteiger partial charge in [-0.2, -0.15) is 0 Å². The molecule has 2 amide bonds. The predicted octanol–water partition coefficient (Wildman–Crippen LogP) is 0.871. The molecule has 0 atom stereocenters. The Hall–Kier alpha value is -2.09. The molecule has 0 saturated heterocycles. The highest BCUT2D eigenvalue weighted by atomic mass is 79.9. The van der Waals surface area contributed by atoms with Gasteiger partial charge in [0.2, 0.25) is 5.91 Å². The number of hydrogen-bond donors (Lipinski definition) is 2. The van der Waals surface area contributed by atoms with Gasteiger partial charge in [0.1, 0.15) is 6.54 Å². The molecule has 0 aliphatic rings. The first-order valence-electron chi connectivity index (χ1n) is 5.58. The largest absolute Gasteiger partial charge is 0.480 e. The second kappa shape index (κ2) is 7.49. The Morgan fingerprint density at radius 2 is 2.15 bits per heavy atom. The van der Waals surface area contributed by atoms with Gasteiger partial charge in [-0.3, -0.25) is 14.4 Å². The Morgan fingerprint density at radius 1 is 1.45 bits per heavy atom. The standard InChI is InChI=1S/C12H13BrN2O5/c1-2-5-15(7-11(17)18)10(16)6-14-12(19)8-3-4-9(13)20-8/h2-4H,1,5-7H2,(H,14,19)(H,17,18). The van der Waals surface area contributed by atoms with Gasteiger partial charge in [-0.15, -0.1) is 6.58 Å². The van der Waals surface area contributed by atoms with Crippen LogP contribution in [-0.2, 0) is 9.59 Å². The number of hydrogen-bond acceptors (Lipinski definition) is 4. The third-order valence-electron chi connectivity index (χ3n) is 2.23. The summed E-state index contributed by atoms with van der Waals surface area (Å²) in [6.07, 6.45) is 1.41. The lowest BCUT2D eigenvalue weighted by Gasteiger charge is -2.18. The second-order valence-corrected chi connectivity index (χ2v) is 4.52. The van der Waals surface area contributed by atoms with Gasteiger partial charge in [0.05, 0.1) is 6.54 Å². The number of carboxylic acids is 1. The first-order valence-corrected chi connectivity index (χ1v) is 6.37. The monoisotopic (exact) mass is 344 g/mol. The zero-order valence-electron chi connectivity index (χ0n) is 10.5. The van der Waals surface area contributed by atoms with Crippen molar-refractivity contribution in [3.05, 3.63) is 35.2 Å². The van der Waals surface area contributed by atoms with Crippen molar-refractivity contribution in [1.82, 2.24) is 10.2 Å². The molecular weight excluding hydrogens is 332 g/mol. The summed E-state index contributed by atoms with van der Waals surface area (Å²) in [6.45, 7) is 2.76. The molecule has 2 N–H and O–H groups in total. The fourth-order valence-corrected chi connectivity index (χ4v) is 1.67. The quantitative estimate of drug-likeness (QED) is 0.715. The molecule has 108 valence electrons. The van der Waals surface area contributed by atoms with Gasteiger partial charge < -0.3 is 19.7 Å². The summed E-state index contributed by atoms with van der Waals surface area (Å²) in [6, 6.07) is 2.99. The zero-order valence-corrected chi connectivity index (χ0v) is 12.1. The minimum absolute atomic E-state index is 0.0539. The number of furan rings is 1. The van der Waals surface area contributed by atoms with Crippen LogP contribution in [0.25, 0.3) is 0 Å². The summed E-state index contributed by atoms with van der Waals surface area (Å²) in [5, 5.41) is 11.0. The minimum atomic E-state index is -1.14. The van der Waals surface area contributed by atoms with Crippen LogP contribution in [0.1, 0.15) is 10.6 Å². The number of carbonyl (C=O) groups excluding carboxylic acids is 2. The van der Waals surface area contributed by atoms with Gasteiger partial charge in [0.15, 0.2) is 10.4 Å². The SMILES string of the molecule is C=CCN(CC(=O)O)C(=O)CNC(=O)c1ccc(Br)o1. The van der Waals surface area contributed by atoms with Crippen molar-refractivity contribution >= 4 is 33.7 Å². The van der Waals surface area contributed by atoms with Crippen molar-refractivity contribution in [2.75, 3.05) is 19.6 Å². The molecule has 7 nitrogen and oxygen atoms in total. The molecule has 1 aromatic heterocycles. The smallest absolute Gasteiger partial charge is 0.323 e. The predicted molar refractivity (Wildman–Crippen MR) is 73.2 cm³/mol. The zero-order chi connectivity index (χ0) is 15.1. The molecule has 8 heteroatoms. The van der Waals surface area contributed by atoms with Crippen LogP contribution in [-0.4, -0.2) is 47.4 Å². The number of carbonyl (C=O) groups is 3. The fourth-order valence-electron chi connectivity index (χ4n) is 1.36. The van der Waals surface area contributed by atoms with E-state index < -0.39 is 24.3 Å². The number of rotatable bonds is 7. The lowest BCUT2D eigenvalue weighted by molar-refractivity contribution is -0.143. The maximum atomic E-state index is 11.8.